The van der Waals surface area contributed by atoms with E-state index in [1.807, 2.05) is 11.8 Å². The molecular weight excluding hydrogens is 182 g/mol. The van der Waals surface area contributed by atoms with Crippen LogP contribution < -0.4 is 0 Å². The van der Waals surface area contributed by atoms with Crippen LogP contribution in [0.1, 0.15) is 27.2 Å². The van der Waals surface area contributed by atoms with Gasteiger partial charge in [-0.1, -0.05) is 6.92 Å². The highest BCUT2D eigenvalue weighted by atomic mass is 16.5. The van der Waals surface area contributed by atoms with E-state index in [4.69, 9.17) is 9.84 Å². The Hall–Kier alpha value is -0.610. The Balaban J connectivity index is 2.73. The number of carboxylic acids is 1. The van der Waals surface area contributed by atoms with E-state index >= 15 is 0 Å². The Kier molecular flexibility index (Phi) is 3.50. The summed E-state index contributed by atoms with van der Waals surface area (Å²) in [5.41, 5.74) is -0.798. The maximum Gasteiger partial charge on any atom is 0.323 e. The first kappa shape index (κ1) is 11.5. The van der Waals surface area contributed by atoms with Gasteiger partial charge >= 0.3 is 5.97 Å². The van der Waals surface area contributed by atoms with E-state index in [0.29, 0.717) is 6.61 Å². The molecule has 1 heterocycles. The molecule has 1 rings (SSSR count). The molecule has 0 bridgehead atoms. The molecule has 0 aromatic carbocycles. The van der Waals surface area contributed by atoms with Gasteiger partial charge in [0.15, 0.2) is 0 Å². The molecule has 82 valence electrons. The zero-order chi connectivity index (χ0) is 10.8. The second-order valence-corrected chi connectivity index (χ2v) is 4.17. The van der Waals surface area contributed by atoms with Crippen molar-refractivity contribution in [2.24, 2.45) is 0 Å². The van der Waals surface area contributed by atoms with Gasteiger partial charge < -0.3 is 9.84 Å². The molecule has 1 aliphatic rings. The van der Waals surface area contributed by atoms with Crippen LogP contribution in [0.4, 0.5) is 0 Å². The van der Waals surface area contributed by atoms with Gasteiger partial charge in [0.2, 0.25) is 0 Å². The SMILES string of the molecule is CCN(C1CCOC1)C(C)(C)C(=O)O. The number of carboxylic acid groups (broad SMARTS) is 1. The topological polar surface area (TPSA) is 49.8 Å². The highest BCUT2D eigenvalue weighted by Gasteiger charge is 2.38. The predicted octanol–water partition coefficient (Wildman–Crippen LogP) is 0.960. The van der Waals surface area contributed by atoms with Crippen molar-refractivity contribution in [2.75, 3.05) is 19.8 Å². The summed E-state index contributed by atoms with van der Waals surface area (Å²) in [6, 6.07) is 0.256. The molecule has 4 heteroatoms. The standard InChI is InChI=1S/C10H19NO3/c1-4-11(8-5-6-14-7-8)10(2,3)9(12)13/h8H,4-7H2,1-3H3,(H,12,13). The second kappa shape index (κ2) is 4.28. The van der Waals surface area contributed by atoms with Crippen molar-refractivity contribution in [1.82, 2.24) is 4.90 Å². The third-order valence-corrected chi connectivity index (χ3v) is 2.93. The molecule has 1 aliphatic heterocycles. The average molecular weight is 201 g/mol. The molecule has 0 aromatic rings. The number of hydrogen-bond donors (Lipinski definition) is 1. The molecule has 4 nitrogen and oxygen atoms in total. The van der Waals surface area contributed by atoms with Crippen LogP contribution in [0.5, 0.6) is 0 Å². The van der Waals surface area contributed by atoms with Crippen molar-refractivity contribution in [1.29, 1.82) is 0 Å². The van der Waals surface area contributed by atoms with Gasteiger partial charge in [0.25, 0.3) is 0 Å². The van der Waals surface area contributed by atoms with Crippen LogP contribution >= 0.6 is 0 Å². The summed E-state index contributed by atoms with van der Waals surface area (Å²) in [4.78, 5) is 13.1. The highest BCUT2D eigenvalue weighted by Crippen LogP contribution is 2.22. The smallest absolute Gasteiger partial charge is 0.323 e. The molecule has 0 aliphatic carbocycles. The van der Waals surface area contributed by atoms with E-state index in [1.165, 1.54) is 0 Å². The van der Waals surface area contributed by atoms with E-state index < -0.39 is 11.5 Å². The lowest BCUT2D eigenvalue weighted by Crippen LogP contribution is -2.54. The number of rotatable bonds is 4. The minimum absolute atomic E-state index is 0.256. The number of likely N-dealkylation sites (N-methyl/N-ethyl adjacent to an activating group) is 1. The first-order valence-corrected chi connectivity index (χ1v) is 5.08. The molecule has 0 saturated carbocycles. The van der Waals surface area contributed by atoms with E-state index in [2.05, 4.69) is 0 Å². The van der Waals surface area contributed by atoms with Crippen molar-refractivity contribution >= 4 is 5.97 Å². The van der Waals surface area contributed by atoms with Crippen LogP contribution in [0.15, 0.2) is 0 Å². The van der Waals surface area contributed by atoms with Crippen molar-refractivity contribution in [3.63, 3.8) is 0 Å². The molecule has 0 radical (unpaired) electrons. The average Bonchev–Trinajstić information content (AvgIpc) is 2.57. The third kappa shape index (κ3) is 2.07. The van der Waals surface area contributed by atoms with E-state index in [-0.39, 0.29) is 6.04 Å². The minimum Gasteiger partial charge on any atom is -0.480 e. The summed E-state index contributed by atoms with van der Waals surface area (Å²) in [6.07, 6.45) is 0.935. The van der Waals surface area contributed by atoms with Gasteiger partial charge in [-0.15, -0.1) is 0 Å². The quantitative estimate of drug-likeness (QED) is 0.736. The van der Waals surface area contributed by atoms with Crippen molar-refractivity contribution in [3.8, 4) is 0 Å². The van der Waals surface area contributed by atoms with Gasteiger partial charge in [-0.05, 0) is 26.8 Å². The first-order valence-electron chi connectivity index (χ1n) is 5.08. The molecule has 0 amide bonds. The molecule has 0 aromatic heterocycles. The van der Waals surface area contributed by atoms with Crippen LogP contribution in [0, 0.1) is 0 Å². The maximum atomic E-state index is 11.1. The minimum atomic E-state index is -0.798. The van der Waals surface area contributed by atoms with E-state index in [9.17, 15) is 4.79 Å². The fourth-order valence-corrected chi connectivity index (χ4v) is 2.00. The predicted molar refractivity (Wildman–Crippen MR) is 53.3 cm³/mol. The number of hydrogen-bond acceptors (Lipinski definition) is 3. The van der Waals surface area contributed by atoms with Crippen LogP contribution in [0.3, 0.4) is 0 Å². The van der Waals surface area contributed by atoms with E-state index in [0.717, 1.165) is 19.6 Å². The zero-order valence-electron chi connectivity index (χ0n) is 9.12. The Morgan fingerprint density at radius 2 is 2.29 bits per heavy atom. The summed E-state index contributed by atoms with van der Waals surface area (Å²) >= 11 is 0. The van der Waals surface area contributed by atoms with Crippen LogP contribution in [-0.2, 0) is 9.53 Å². The zero-order valence-corrected chi connectivity index (χ0v) is 9.12. The van der Waals surface area contributed by atoms with Crippen molar-refractivity contribution < 1.29 is 14.6 Å². The maximum absolute atomic E-state index is 11.1. The Labute approximate surface area is 84.8 Å². The van der Waals surface area contributed by atoms with Gasteiger partial charge in [-0.3, -0.25) is 9.69 Å². The van der Waals surface area contributed by atoms with Gasteiger partial charge in [-0.2, -0.15) is 0 Å². The van der Waals surface area contributed by atoms with Gasteiger partial charge in [0.1, 0.15) is 5.54 Å². The molecule has 0 spiro atoms. The number of ether oxygens (including phenoxy) is 1. The molecule has 1 fully saturated rings. The van der Waals surface area contributed by atoms with Crippen LogP contribution in [0.25, 0.3) is 0 Å². The number of carbonyl (C=O) groups is 1. The molecule has 1 atom stereocenters. The molecule has 14 heavy (non-hydrogen) atoms. The van der Waals surface area contributed by atoms with Crippen molar-refractivity contribution in [2.45, 2.75) is 38.8 Å². The van der Waals surface area contributed by atoms with Gasteiger partial charge in [0, 0.05) is 12.6 Å². The molecular formula is C10H19NO3. The van der Waals surface area contributed by atoms with E-state index in [1.54, 1.807) is 13.8 Å². The largest absolute Gasteiger partial charge is 0.480 e. The number of aliphatic carboxylic acids is 1. The monoisotopic (exact) mass is 201 g/mol. The van der Waals surface area contributed by atoms with Crippen LogP contribution in [0.2, 0.25) is 0 Å². The van der Waals surface area contributed by atoms with Gasteiger partial charge in [-0.25, -0.2) is 0 Å². The fourth-order valence-electron chi connectivity index (χ4n) is 2.00. The van der Waals surface area contributed by atoms with Crippen molar-refractivity contribution in [3.05, 3.63) is 0 Å². The summed E-state index contributed by atoms with van der Waals surface area (Å²) in [6.45, 7) is 7.63. The lowest BCUT2D eigenvalue weighted by Gasteiger charge is -2.38. The summed E-state index contributed by atoms with van der Waals surface area (Å²) in [5.74, 6) is -0.772. The molecule has 1 N–H and O–H groups in total. The summed E-state index contributed by atoms with van der Waals surface area (Å²) in [5, 5.41) is 9.12. The van der Waals surface area contributed by atoms with Gasteiger partial charge in [0.05, 0.1) is 6.61 Å². The Morgan fingerprint density at radius 1 is 1.64 bits per heavy atom. The fraction of sp³-hybridized carbons (Fsp3) is 0.900. The lowest BCUT2D eigenvalue weighted by molar-refractivity contribution is -0.150. The molecule has 1 unspecified atom stereocenters. The first-order chi connectivity index (χ1) is 6.50. The number of nitrogens with zero attached hydrogens (tertiary/aromatic N) is 1. The third-order valence-electron chi connectivity index (χ3n) is 2.93. The second-order valence-electron chi connectivity index (χ2n) is 4.17. The highest BCUT2D eigenvalue weighted by molar-refractivity contribution is 5.77. The normalized spacial score (nSPS) is 23.0. The Bertz CT molecular complexity index is 209. The Morgan fingerprint density at radius 3 is 2.64 bits per heavy atom. The summed E-state index contributed by atoms with van der Waals surface area (Å²) in [7, 11) is 0. The van der Waals surface area contributed by atoms with Crippen LogP contribution in [-0.4, -0.2) is 47.3 Å². The molecule has 1 saturated heterocycles. The lowest BCUT2D eigenvalue weighted by atomic mass is 10.00. The summed E-state index contributed by atoms with van der Waals surface area (Å²) < 4.78 is 5.28.